The fourth-order valence-electron chi connectivity index (χ4n) is 3.35. The summed E-state index contributed by atoms with van der Waals surface area (Å²) in [6.07, 6.45) is 0. The summed E-state index contributed by atoms with van der Waals surface area (Å²) in [6.45, 7) is 1.14. The van der Waals surface area contributed by atoms with Crippen LogP contribution in [0.15, 0.2) is 77.0 Å². The number of rotatable bonds is 5. The number of benzene rings is 2. The first kappa shape index (κ1) is 21.2. The summed E-state index contributed by atoms with van der Waals surface area (Å²) < 4.78 is 26.9. The SMILES string of the molecule is O=C(Nc1ccc(C(=O)N2CCN(S(=O)(=O)c3ccccc3)CC2)cc1)c1cccs1. The Labute approximate surface area is 185 Å². The van der Waals surface area contributed by atoms with Crippen LogP contribution in [-0.4, -0.2) is 55.6 Å². The molecule has 31 heavy (non-hydrogen) atoms. The monoisotopic (exact) mass is 455 g/mol. The third-order valence-electron chi connectivity index (χ3n) is 5.04. The molecule has 0 radical (unpaired) electrons. The Morgan fingerprint density at radius 3 is 2.13 bits per heavy atom. The molecular weight excluding hydrogens is 434 g/mol. The van der Waals surface area contributed by atoms with Crippen LogP contribution in [-0.2, 0) is 10.0 Å². The van der Waals surface area contributed by atoms with Gasteiger partial charge in [0.1, 0.15) is 0 Å². The number of sulfonamides is 1. The largest absolute Gasteiger partial charge is 0.336 e. The van der Waals surface area contributed by atoms with Gasteiger partial charge in [-0.1, -0.05) is 24.3 Å². The number of carbonyl (C=O) groups excluding carboxylic acids is 2. The lowest BCUT2D eigenvalue weighted by atomic mass is 10.1. The smallest absolute Gasteiger partial charge is 0.265 e. The van der Waals surface area contributed by atoms with E-state index in [4.69, 9.17) is 0 Å². The van der Waals surface area contributed by atoms with Crippen molar-refractivity contribution in [2.45, 2.75) is 4.90 Å². The standard InChI is InChI=1S/C22H21N3O4S2/c26-21(20-7-4-16-30-20)23-18-10-8-17(9-11-18)22(27)24-12-14-25(15-13-24)31(28,29)19-5-2-1-3-6-19/h1-11,16H,12-15H2,(H,23,26). The van der Waals surface area contributed by atoms with Crippen LogP contribution < -0.4 is 5.32 Å². The van der Waals surface area contributed by atoms with Gasteiger partial charge in [-0.25, -0.2) is 8.42 Å². The predicted molar refractivity (Wildman–Crippen MR) is 120 cm³/mol. The molecule has 2 amide bonds. The van der Waals surface area contributed by atoms with Crippen LogP contribution >= 0.6 is 11.3 Å². The lowest BCUT2D eigenvalue weighted by molar-refractivity contribution is 0.0698. The van der Waals surface area contributed by atoms with Gasteiger partial charge in [0.15, 0.2) is 0 Å². The van der Waals surface area contributed by atoms with Gasteiger partial charge in [-0.2, -0.15) is 4.31 Å². The Morgan fingerprint density at radius 2 is 1.52 bits per heavy atom. The minimum absolute atomic E-state index is 0.159. The van der Waals surface area contributed by atoms with E-state index in [1.165, 1.54) is 15.6 Å². The Hall–Kier alpha value is -3.01. The van der Waals surface area contributed by atoms with E-state index in [1.807, 2.05) is 11.4 Å². The molecule has 0 aliphatic carbocycles. The number of nitrogens with one attached hydrogen (secondary N) is 1. The fraction of sp³-hybridized carbons (Fsp3) is 0.182. The topological polar surface area (TPSA) is 86.8 Å². The second-order valence-electron chi connectivity index (χ2n) is 7.02. The number of nitrogens with zero attached hydrogens (tertiary/aromatic N) is 2. The molecule has 1 saturated heterocycles. The van der Waals surface area contributed by atoms with E-state index >= 15 is 0 Å². The highest BCUT2D eigenvalue weighted by molar-refractivity contribution is 7.89. The molecule has 0 unspecified atom stereocenters. The average molecular weight is 456 g/mol. The van der Waals surface area contributed by atoms with Crippen molar-refractivity contribution in [1.29, 1.82) is 0 Å². The van der Waals surface area contributed by atoms with E-state index in [1.54, 1.807) is 65.6 Å². The quantitative estimate of drug-likeness (QED) is 0.640. The second-order valence-corrected chi connectivity index (χ2v) is 9.90. The van der Waals surface area contributed by atoms with Crippen molar-refractivity contribution in [2.24, 2.45) is 0 Å². The van der Waals surface area contributed by atoms with Crippen molar-refractivity contribution in [3.05, 3.63) is 82.6 Å². The lowest BCUT2D eigenvalue weighted by Crippen LogP contribution is -2.50. The molecule has 2 aromatic carbocycles. The van der Waals surface area contributed by atoms with Crippen molar-refractivity contribution in [2.75, 3.05) is 31.5 Å². The summed E-state index contributed by atoms with van der Waals surface area (Å²) in [5.74, 6) is -0.349. The molecule has 0 saturated carbocycles. The van der Waals surface area contributed by atoms with Crippen molar-refractivity contribution in [1.82, 2.24) is 9.21 Å². The molecule has 1 fully saturated rings. The highest BCUT2D eigenvalue weighted by atomic mass is 32.2. The summed E-state index contributed by atoms with van der Waals surface area (Å²) in [5.41, 5.74) is 1.10. The zero-order valence-corrected chi connectivity index (χ0v) is 18.2. The number of hydrogen-bond donors (Lipinski definition) is 1. The first-order valence-electron chi connectivity index (χ1n) is 9.74. The normalized spacial score (nSPS) is 14.9. The number of anilines is 1. The van der Waals surface area contributed by atoms with Crippen LogP contribution in [0.1, 0.15) is 20.0 Å². The lowest BCUT2D eigenvalue weighted by Gasteiger charge is -2.34. The maximum absolute atomic E-state index is 12.8. The van der Waals surface area contributed by atoms with Crippen molar-refractivity contribution in [3.63, 3.8) is 0 Å². The molecule has 4 rings (SSSR count). The average Bonchev–Trinajstić information content (AvgIpc) is 3.35. The number of amides is 2. The Bertz CT molecular complexity index is 1150. The highest BCUT2D eigenvalue weighted by Gasteiger charge is 2.30. The van der Waals surface area contributed by atoms with Crippen LogP contribution in [0.2, 0.25) is 0 Å². The fourth-order valence-corrected chi connectivity index (χ4v) is 5.41. The molecule has 1 aliphatic heterocycles. The van der Waals surface area contributed by atoms with Crippen molar-refractivity contribution < 1.29 is 18.0 Å². The predicted octanol–water partition coefficient (Wildman–Crippen LogP) is 3.15. The van der Waals surface area contributed by atoms with E-state index in [0.717, 1.165) is 0 Å². The molecule has 1 aliphatic rings. The molecule has 1 aromatic heterocycles. The van der Waals surface area contributed by atoms with E-state index in [2.05, 4.69) is 5.32 Å². The van der Waals surface area contributed by atoms with Gasteiger partial charge in [0.2, 0.25) is 10.0 Å². The van der Waals surface area contributed by atoms with Crippen LogP contribution in [0, 0.1) is 0 Å². The second kappa shape index (κ2) is 9.01. The third kappa shape index (κ3) is 4.68. The summed E-state index contributed by atoms with van der Waals surface area (Å²) in [5, 5.41) is 4.64. The molecule has 0 atom stereocenters. The van der Waals surface area contributed by atoms with Gasteiger partial charge in [-0.15, -0.1) is 11.3 Å². The maximum Gasteiger partial charge on any atom is 0.265 e. The Balaban J connectivity index is 1.36. The minimum atomic E-state index is -3.56. The molecule has 1 N–H and O–H groups in total. The molecule has 7 nitrogen and oxygen atoms in total. The van der Waals surface area contributed by atoms with Crippen LogP contribution in [0.5, 0.6) is 0 Å². The summed E-state index contributed by atoms with van der Waals surface area (Å²) in [7, 11) is -3.56. The molecule has 3 aromatic rings. The number of thiophene rings is 1. The minimum Gasteiger partial charge on any atom is -0.336 e. The Kier molecular flexibility index (Phi) is 6.17. The van der Waals surface area contributed by atoms with Gasteiger partial charge in [0.05, 0.1) is 9.77 Å². The summed E-state index contributed by atoms with van der Waals surface area (Å²) >= 11 is 1.36. The molecule has 9 heteroatoms. The van der Waals surface area contributed by atoms with Gasteiger partial charge in [-0.05, 0) is 47.8 Å². The zero-order valence-electron chi connectivity index (χ0n) is 16.6. The van der Waals surface area contributed by atoms with Gasteiger partial charge in [0, 0.05) is 37.4 Å². The van der Waals surface area contributed by atoms with E-state index in [0.29, 0.717) is 29.2 Å². The summed E-state index contributed by atoms with van der Waals surface area (Å²) in [4.78, 5) is 27.5. The van der Waals surface area contributed by atoms with Gasteiger partial charge in [0.25, 0.3) is 11.8 Å². The maximum atomic E-state index is 12.8. The molecular formula is C22H21N3O4S2. The van der Waals surface area contributed by atoms with E-state index < -0.39 is 10.0 Å². The van der Waals surface area contributed by atoms with Gasteiger partial charge < -0.3 is 10.2 Å². The zero-order chi connectivity index (χ0) is 21.8. The van der Waals surface area contributed by atoms with E-state index in [9.17, 15) is 18.0 Å². The van der Waals surface area contributed by atoms with Crippen LogP contribution in [0.3, 0.4) is 0 Å². The third-order valence-corrected chi connectivity index (χ3v) is 7.82. The highest BCUT2D eigenvalue weighted by Crippen LogP contribution is 2.19. The molecule has 160 valence electrons. The number of piperazine rings is 1. The van der Waals surface area contributed by atoms with E-state index in [-0.39, 0.29) is 29.8 Å². The molecule has 0 bridgehead atoms. The molecule has 0 spiro atoms. The van der Waals surface area contributed by atoms with Gasteiger partial charge in [-0.3, -0.25) is 9.59 Å². The number of hydrogen-bond acceptors (Lipinski definition) is 5. The first-order chi connectivity index (χ1) is 14.9. The molecule has 2 heterocycles. The summed E-state index contributed by atoms with van der Waals surface area (Å²) in [6, 6.07) is 18.6. The van der Waals surface area contributed by atoms with Gasteiger partial charge >= 0.3 is 0 Å². The Morgan fingerprint density at radius 1 is 0.839 bits per heavy atom. The van der Waals surface area contributed by atoms with Crippen molar-refractivity contribution >= 4 is 38.9 Å². The van der Waals surface area contributed by atoms with Crippen LogP contribution in [0.25, 0.3) is 0 Å². The first-order valence-corrected chi connectivity index (χ1v) is 12.1. The van der Waals surface area contributed by atoms with Crippen molar-refractivity contribution in [3.8, 4) is 0 Å². The number of carbonyl (C=O) groups is 2. The van der Waals surface area contributed by atoms with Crippen LogP contribution in [0.4, 0.5) is 5.69 Å².